The van der Waals surface area contributed by atoms with Crippen LogP contribution in [0, 0.1) is 10.1 Å². The van der Waals surface area contributed by atoms with Crippen LogP contribution >= 0.6 is 0 Å². The number of aliphatic imine (C=N–C) groups is 1. The van der Waals surface area contributed by atoms with Crippen molar-refractivity contribution in [1.82, 2.24) is 24.4 Å². The quantitative estimate of drug-likeness (QED) is 0.236. The zero-order valence-electron chi connectivity index (χ0n) is 18.5. The Morgan fingerprint density at radius 1 is 1.42 bits per heavy atom. The summed E-state index contributed by atoms with van der Waals surface area (Å²) in [7, 11) is 3.62. The van der Waals surface area contributed by atoms with Gasteiger partial charge in [-0.3, -0.25) is 24.5 Å². The summed E-state index contributed by atoms with van der Waals surface area (Å²) < 4.78 is 13.9. The molecule has 0 spiro atoms. The third-order valence-corrected chi connectivity index (χ3v) is 5.37. The molecule has 3 atom stereocenters. The van der Waals surface area contributed by atoms with Crippen molar-refractivity contribution in [1.29, 1.82) is 0 Å². The van der Waals surface area contributed by atoms with Crippen LogP contribution in [0.1, 0.15) is 31.6 Å². The lowest BCUT2D eigenvalue weighted by atomic mass is 10.1. The fourth-order valence-corrected chi connectivity index (χ4v) is 3.77. The average Bonchev–Trinajstić information content (AvgIpc) is 3.40. The standard InChI is InChI=1S/C21H25N7O5/c1-4-15-16(32-10-13-7-5-6-8-14(13)28(30)31)9-17(33-15)27-12-22-18-19(27)24-21(25-20(18)29)23-11-26(2)3/h5-8,11-12,15-17H,4,9-10H2,1-3H3,(H,24,25,29). The largest absolute Gasteiger partial charge is 0.370 e. The van der Waals surface area contributed by atoms with Gasteiger partial charge in [0.2, 0.25) is 5.95 Å². The van der Waals surface area contributed by atoms with Crippen LogP contribution < -0.4 is 5.56 Å². The van der Waals surface area contributed by atoms with Crippen LogP contribution in [0.4, 0.5) is 11.6 Å². The summed E-state index contributed by atoms with van der Waals surface area (Å²) in [5, 5.41) is 11.3. The highest BCUT2D eigenvalue weighted by Gasteiger charge is 2.37. The second-order valence-electron chi connectivity index (χ2n) is 7.93. The van der Waals surface area contributed by atoms with Gasteiger partial charge in [-0.25, -0.2) is 9.98 Å². The number of para-hydroxylation sites is 1. The van der Waals surface area contributed by atoms with Crippen LogP contribution in [0.5, 0.6) is 0 Å². The van der Waals surface area contributed by atoms with Crippen molar-refractivity contribution in [2.45, 2.75) is 44.8 Å². The molecule has 1 fully saturated rings. The number of fused-ring (bicyclic) bond motifs is 1. The number of hydrogen-bond acceptors (Lipinski definition) is 8. The third-order valence-electron chi connectivity index (χ3n) is 5.37. The number of nitrogens with zero attached hydrogens (tertiary/aromatic N) is 6. The fourth-order valence-electron chi connectivity index (χ4n) is 3.77. The monoisotopic (exact) mass is 455 g/mol. The van der Waals surface area contributed by atoms with Crippen molar-refractivity contribution >= 4 is 29.1 Å². The molecule has 2 aromatic heterocycles. The second-order valence-corrected chi connectivity index (χ2v) is 7.93. The molecule has 12 heteroatoms. The summed E-state index contributed by atoms with van der Waals surface area (Å²) in [6.45, 7) is 2.08. The molecule has 0 saturated carbocycles. The van der Waals surface area contributed by atoms with E-state index in [0.29, 0.717) is 24.1 Å². The maximum absolute atomic E-state index is 12.4. The number of ether oxygens (including phenoxy) is 2. The fraction of sp³-hybridized carbons (Fsp3) is 0.429. The van der Waals surface area contributed by atoms with Gasteiger partial charge < -0.3 is 14.4 Å². The van der Waals surface area contributed by atoms with E-state index in [4.69, 9.17) is 9.47 Å². The number of nitrogens with one attached hydrogen (secondary N) is 1. The first-order valence-electron chi connectivity index (χ1n) is 10.5. The first-order valence-corrected chi connectivity index (χ1v) is 10.5. The normalized spacial score (nSPS) is 20.6. The summed E-state index contributed by atoms with van der Waals surface area (Å²) in [4.78, 5) is 40.4. The molecule has 1 N–H and O–H groups in total. The van der Waals surface area contributed by atoms with Crippen molar-refractivity contribution in [2.75, 3.05) is 14.1 Å². The molecule has 3 unspecified atom stereocenters. The smallest absolute Gasteiger partial charge is 0.280 e. The number of imidazole rings is 1. The van der Waals surface area contributed by atoms with E-state index >= 15 is 0 Å². The molecule has 0 amide bonds. The van der Waals surface area contributed by atoms with E-state index < -0.39 is 11.2 Å². The van der Waals surface area contributed by atoms with Gasteiger partial charge in [-0.05, 0) is 12.5 Å². The van der Waals surface area contributed by atoms with E-state index in [1.165, 1.54) is 18.7 Å². The number of benzene rings is 1. The van der Waals surface area contributed by atoms with Gasteiger partial charge in [0.05, 0.1) is 42.0 Å². The van der Waals surface area contributed by atoms with Gasteiger partial charge in [0.1, 0.15) is 6.23 Å². The van der Waals surface area contributed by atoms with Crippen LogP contribution in [0.3, 0.4) is 0 Å². The van der Waals surface area contributed by atoms with E-state index in [0.717, 1.165) is 0 Å². The van der Waals surface area contributed by atoms with Gasteiger partial charge in [0.15, 0.2) is 11.2 Å². The van der Waals surface area contributed by atoms with E-state index in [1.54, 1.807) is 27.7 Å². The van der Waals surface area contributed by atoms with Gasteiger partial charge in [-0.1, -0.05) is 19.1 Å². The molecule has 3 aromatic rings. The highest BCUT2D eigenvalue weighted by atomic mass is 16.6. The van der Waals surface area contributed by atoms with Gasteiger partial charge in [-0.15, -0.1) is 0 Å². The lowest BCUT2D eigenvalue weighted by Gasteiger charge is -2.17. The molecule has 4 rings (SSSR count). The van der Waals surface area contributed by atoms with Crippen molar-refractivity contribution in [3.8, 4) is 0 Å². The molecule has 33 heavy (non-hydrogen) atoms. The second kappa shape index (κ2) is 9.46. The lowest BCUT2D eigenvalue weighted by molar-refractivity contribution is -0.386. The number of H-pyrrole nitrogens is 1. The molecule has 1 aromatic carbocycles. The predicted molar refractivity (Wildman–Crippen MR) is 120 cm³/mol. The highest BCUT2D eigenvalue weighted by Crippen LogP contribution is 2.34. The zero-order valence-corrected chi connectivity index (χ0v) is 18.5. The Morgan fingerprint density at radius 2 is 2.21 bits per heavy atom. The molecule has 0 bridgehead atoms. The maximum Gasteiger partial charge on any atom is 0.280 e. The van der Waals surface area contributed by atoms with E-state index in [1.807, 2.05) is 21.0 Å². The van der Waals surface area contributed by atoms with Crippen LogP contribution in [0.25, 0.3) is 11.2 Å². The minimum Gasteiger partial charge on any atom is -0.370 e. The molecule has 0 aliphatic carbocycles. The van der Waals surface area contributed by atoms with Gasteiger partial charge in [0, 0.05) is 26.6 Å². The Labute approximate surface area is 189 Å². The molecule has 3 heterocycles. The van der Waals surface area contributed by atoms with Crippen LogP contribution in [0.2, 0.25) is 0 Å². The number of aromatic amines is 1. The van der Waals surface area contributed by atoms with E-state index in [-0.39, 0.29) is 41.5 Å². The maximum atomic E-state index is 12.4. The summed E-state index contributed by atoms with van der Waals surface area (Å²) in [5.74, 6) is 0.164. The first kappa shape index (κ1) is 22.6. The van der Waals surface area contributed by atoms with Crippen LogP contribution in [-0.4, -0.2) is 62.0 Å². The topological polar surface area (TPSA) is 141 Å². The predicted octanol–water partition coefficient (Wildman–Crippen LogP) is 2.53. The van der Waals surface area contributed by atoms with Gasteiger partial charge in [0.25, 0.3) is 11.2 Å². The molecule has 174 valence electrons. The molecule has 12 nitrogen and oxygen atoms in total. The number of nitro benzene ring substituents is 1. The Kier molecular flexibility index (Phi) is 6.47. The third kappa shape index (κ3) is 4.76. The van der Waals surface area contributed by atoms with Crippen molar-refractivity contribution in [2.24, 2.45) is 4.99 Å². The Hall–Kier alpha value is -3.64. The van der Waals surface area contributed by atoms with E-state index in [9.17, 15) is 14.9 Å². The highest BCUT2D eigenvalue weighted by molar-refractivity contribution is 5.71. The number of rotatable bonds is 8. The SMILES string of the molecule is CCC1OC(n2cnc3c(=O)[nH]c(N=CN(C)C)nc32)CC1OCc1ccccc1[N+](=O)[O-]. The summed E-state index contributed by atoms with van der Waals surface area (Å²) in [5.41, 5.74) is 0.698. The number of aromatic nitrogens is 4. The van der Waals surface area contributed by atoms with Crippen molar-refractivity contribution in [3.05, 3.63) is 56.6 Å². The van der Waals surface area contributed by atoms with Gasteiger partial charge in [-0.2, -0.15) is 4.98 Å². The summed E-state index contributed by atoms with van der Waals surface area (Å²) in [6.07, 6.45) is 3.28. The van der Waals surface area contributed by atoms with Crippen LogP contribution in [0.15, 0.2) is 40.4 Å². The average molecular weight is 455 g/mol. The Morgan fingerprint density at radius 3 is 2.94 bits per heavy atom. The molecule has 1 aliphatic heterocycles. The van der Waals surface area contributed by atoms with Crippen molar-refractivity contribution in [3.63, 3.8) is 0 Å². The van der Waals surface area contributed by atoms with Gasteiger partial charge >= 0.3 is 0 Å². The number of hydrogen-bond donors (Lipinski definition) is 1. The minimum atomic E-state index is -0.448. The van der Waals surface area contributed by atoms with E-state index in [2.05, 4.69) is 19.9 Å². The number of nitro groups is 1. The molecule has 1 aliphatic rings. The summed E-state index contributed by atoms with van der Waals surface area (Å²) in [6, 6.07) is 6.51. The Bertz CT molecular complexity index is 1240. The molecular formula is C21H25N7O5. The van der Waals surface area contributed by atoms with Crippen LogP contribution in [-0.2, 0) is 16.1 Å². The summed E-state index contributed by atoms with van der Waals surface area (Å²) >= 11 is 0. The van der Waals surface area contributed by atoms with Crippen molar-refractivity contribution < 1.29 is 14.4 Å². The zero-order chi connectivity index (χ0) is 23.5. The first-order chi connectivity index (χ1) is 15.9. The Balaban J connectivity index is 1.56. The lowest BCUT2D eigenvalue weighted by Crippen LogP contribution is -2.23. The molecule has 1 saturated heterocycles. The minimum absolute atomic E-state index is 0.0239. The molecule has 0 radical (unpaired) electrons. The molecular weight excluding hydrogens is 430 g/mol.